The largest absolute Gasteiger partial charge is 1.00 e. The molecule has 0 aliphatic heterocycles. The van der Waals surface area contributed by atoms with E-state index in [9.17, 15) is 0 Å². The van der Waals surface area contributed by atoms with E-state index in [0.29, 0.717) is 0 Å². The molecule has 212 valence electrons. The SMILES string of the molecule is CCCCP(CCCC)C1=Cc2ccccc2[CH]1[Hf+2][CH]1C(P(C(C)CC)C(C)CC)=Cc2ccccc21.[Cl-].[Cl-]. The molecule has 0 N–H and O–H groups in total. The molecule has 4 unspecified atom stereocenters. The summed E-state index contributed by atoms with van der Waals surface area (Å²) in [4.78, 5) is 0. The number of unbranched alkanes of at least 4 members (excludes halogenated alkanes) is 2. The molecule has 2 aromatic carbocycles. The molecular weight excluding hydrogens is 720 g/mol. The summed E-state index contributed by atoms with van der Waals surface area (Å²) >= 11 is -1.15. The number of halogens is 2. The van der Waals surface area contributed by atoms with Crippen LogP contribution in [0.25, 0.3) is 12.2 Å². The maximum absolute atomic E-state index is 2.69. The maximum atomic E-state index is 2.69. The Morgan fingerprint density at radius 1 is 0.667 bits per heavy atom. The normalized spacial score (nSPS) is 19.6. The summed E-state index contributed by atoms with van der Waals surface area (Å²) in [5.74, 6) is 0. The molecule has 0 nitrogen and oxygen atoms in total. The summed E-state index contributed by atoms with van der Waals surface area (Å²) in [6.07, 6.45) is 16.3. The van der Waals surface area contributed by atoms with Crippen LogP contribution in [0.15, 0.2) is 59.2 Å². The van der Waals surface area contributed by atoms with E-state index < -0.39 is 22.9 Å². The molecule has 0 spiro atoms. The van der Waals surface area contributed by atoms with Crippen LogP contribution < -0.4 is 24.8 Å². The van der Waals surface area contributed by atoms with E-state index in [1.807, 2.05) is 10.6 Å². The fraction of sp³-hybridized carbons (Fsp3) is 0.529. The Labute approximate surface area is 266 Å². The molecule has 0 radical (unpaired) electrons. The monoisotopic (exact) mass is 768 g/mol. The van der Waals surface area contributed by atoms with Crippen LogP contribution in [0.1, 0.15) is 110 Å². The topological polar surface area (TPSA) is 0 Å². The van der Waals surface area contributed by atoms with Gasteiger partial charge in [-0.1, -0.05) is 0 Å². The van der Waals surface area contributed by atoms with Gasteiger partial charge in [0.2, 0.25) is 0 Å². The van der Waals surface area contributed by atoms with Crippen molar-refractivity contribution in [1.82, 2.24) is 0 Å². The fourth-order valence-corrected chi connectivity index (χ4v) is 23.4. The van der Waals surface area contributed by atoms with E-state index in [-0.39, 0.29) is 40.7 Å². The molecule has 0 amide bonds. The van der Waals surface area contributed by atoms with Crippen LogP contribution in [0.2, 0.25) is 0 Å². The van der Waals surface area contributed by atoms with Crippen molar-refractivity contribution in [3.63, 3.8) is 0 Å². The third kappa shape index (κ3) is 8.20. The Kier molecular flexibility index (Phi) is 15.8. The summed E-state index contributed by atoms with van der Waals surface area (Å²) in [5.41, 5.74) is 8.11. The minimum Gasteiger partial charge on any atom is -1.00 e. The van der Waals surface area contributed by atoms with Gasteiger partial charge in [0, 0.05) is 0 Å². The summed E-state index contributed by atoms with van der Waals surface area (Å²) in [7, 11) is -0.122. The average Bonchev–Trinajstić information content (AvgIpc) is 3.47. The Bertz CT molecular complexity index is 1080. The fourth-order valence-electron chi connectivity index (χ4n) is 6.03. The van der Waals surface area contributed by atoms with Gasteiger partial charge in [-0.3, -0.25) is 0 Å². The van der Waals surface area contributed by atoms with Crippen LogP contribution in [-0.2, 0) is 22.9 Å². The second kappa shape index (κ2) is 17.4. The van der Waals surface area contributed by atoms with Crippen molar-refractivity contribution in [3.8, 4) is 0 Å². The first-order chi connectivity index (χ1) is 18.0. The summed E-state index contributed by atoms with van der Waals surface area (Å²) < 4.78 is 1.54. The Morgan fingerprint density at radius 2 is 1.10 bits per heavy atom. The van der Waals surface area contributed by atoms with Crippen molar-refractivity contribution in [2.45, 2.75) is 98.7 Å². The molecule has 2 aliphatic rings. The Morgan fingerprint density at radius 3 is 1.56 bits per heavy atom. The molecule has 0 saturated carbocycles. The number of rotatable bonds is 14. The first-order valence-electron chi connectivity index (χ1n) is 14.9. The second-order valence-electron chi connectivity index (χ2n) is 11.0. The predicted octanol–water partition coefficient (Wildman–Crippen LogP) is 5.43. The average molecular weight is 768 g/mol. The third-order valence-electron chi connectivity index (χ3n) is 8.50. The van der Waals surface area contributed by atoms with E-state index in [2.05, 4.69) is 102 Å². The van der Waals surface area contributed by atoms with Crippen LogP contribution in [0, 0.1) is 0 Å². The Balaban J connectivity index is 0.00000267. The van der Waals surface area contributed by atoms with E-state index >= 15 is 0 Å². The van der Waals surface area contributed by atoms with Crippen molar-refractivity contribution in [2.24, 2.45) is 0 Å². The summed E-state index contributed by atoms with van der Waals surface area (Å²) in [5, 5.41) is 3.79. The number of hydrogen-bond acceptors (Lipinski definition) is 0. The van der Waals surface area contributed by atoms with E-state index in [1.54, 1.807) is 22.3 Å². The van der Waals surface area contributed by atoms with Crippen LogP contribution in [-0.4, -0.2) is 23.6 Å². The quantitative estimate of drug-likeness (QED) is 0.178. The molecular formula is C34H48Cl2HfP2. The van der Waals surface area contributed by atoms with Crippen molar-refractivity contribution in [3.05, 3.63) is 81.4 Å². The molecule has 4 rings (SSSR count). The van der Waals surface area contributed by atoms with Crippen LogP contribution in [0.3, 0.4) is 0 Å². The van der Waals surface area contributed by atoms with E-state index in [4.69, 9.17) is 0 Å². The van der Waals surface area contributed by atoms with Gasteiger partial charge in [0.15, 0.2) is 0 Å². The molecule has 0 saturated heterocycles. The smallest absolute Gasteiger partial charge is 1.00 e. The van der Waals surface area contributed by atoms with Gasteiger partial charge in [0.05, 0.1) is 0 Å². The number of hydrogen-bond donors (Lipinski definition) is 0. The van der Waals surface area contributed by atoms with Gasteiger partial charge >= 0.3 is 243 Å². The standard InChI is InChI=1S/2C17H24P.2ClH.Hf/c1-5-13(3)18(14(4)6-2)17-11-15-9-7-8-10-16(15)12-17;1-3-5-11-18(12-6-4-2)17-13-15-9-7-8-10-16(15)14-17;;;/h7-14H,5-6H2,1-4H3;7-10,13-14H,3-6,11-12H2,1-2H3;2*1H;/q;;;;+2/p-2. The number of allylic oxidation sites excluding steroid dienone is 2. The zero-order valence-corrected chi connectivity index (χ0v) is 31.8. The van der Waals surface area contributed by atoms with E-state index in [0.717, 1.165) is 18.7 Å². The molecule has 0 fully saturated rings. The molecule has 0 bridgehead atoms. The first-order valence-corrected chi connectivity index (χ1v) is 22.3. The molecule has 5 heteroatoms. The molecule has 0 aromatic heterocycles. The van der Waals surface area contributed by atoms with Crippen molar-refractivity contribution in [2.75, 3.05) is 12.3 Å². The Hall–Kier alpha value is 0.230. The summed E-state index contributed by atoms with van der Waals surface area (Å²) in [6, 6.07) is 19.0. The van der Waals surface area contributed by atoms with Gasteiger partial charge in [-0.2, -0.15) is 0 Å². The van der Waals surface area contributed by atoms with Gasteiger partial charge in [-0.25, -0.2) is 0 Å². The number of fused-ring (bicyclic) bond motifs is 2. The third-order valence-corrected chi connectivity index (χ3v) is 23.6. The zero-order chi connectivity index (χ0) is 26.4. The minimum absolute atomic E-state index is 0. The molecule has 2 aromatic rings. The van der Waals surface area contributed by atoms with Gasteiger partial charge in [0.1, 0.15) is 0 Å². The van der Waals surface area contributed by atoms with Crippen molar-refractivity contribution < 1.29 is 47.7 Å². The van der Waals surface area contributed by atoms with Gasteiger partial charge < -0.3 is 24.8 Å². The molecule has 39 heavy (non-hydrogen) atoms. The van der Waals surface area contributed by atoms with Crippen LogP contribution in [0.4, 0.5) is 0 Å². The summed E-state index contributed by atoms with van der Waals surface area (Å²) in [6.45, 7) is 14.7. The maximum Gasteiger partial charge on any atom is -1.00 e. The zero-order valence-electron chi connectivity index (χ0n) is 24.9. The molecule has 0 heterocycles. The van der Waals surface area contributed by atoms with Crippen molar-refractivity contribution in [1.29, 1.82) is 0 Å². The second-order valence-corrected chi connectivity index (χ2v) is 22.0. The first kappa shape index (κ1) is 35.4. The van der Waals surface area contributed by atoms with E-state index in [1.165, 1.54) is 50.8 Å². The van der Waals surface area contributed by atoms with Gasteiger partial charge in [-0.05, 0) is 0 Å². The number of benzene rings is 2. The molecule has 2 aliphatic carbocycles. The van der Waals surface area contributed by atoms with Crippen LogP contribution >= 0.6 is 15.8 Å². The minimum atomic E-state index is -1.15. The van der Waals surface area contributed by atoms with Crippen LogP contribution in [0.5, 0.6) is 0 Å². The van der Waals surface area contributed by atoms with Crippen molar-refractivity contribution >= 4 is 28.0 Å². The van der Waals surface area contributed by atoms with Gasteiger partial charge in [-0.15, -0.1) is 0 Å². The van der Waals surface area contributed by atoms with Gasteiger partial charge in [0.25, 0.3) is 0 Å². The molecule has 4 atom stereocenters. The predicted molar refractivity (Wildman–Crippen MR) is 167 cm³/mol.